The second kappa shape index (κ2) is 8.73. The van der Waals surface area contributed by atoms with E-state index in [9.17, 15) is 9.59 Å². The summed E-state index contributed by atoms with van der Waals surface area (Å²) in [7, 11) is 3.06. The Kier molecular flexibility index (Phi) is 5.86. The smallest absolute Gasteiger partial charge is 0.259 e. The fraction of sp³-hybridized carbons (Fsp3) is 0.217. The molecule has 0 saturated carbocycles. The lowest BCUT2D eigenvalue weighted by Crippen LogP contribution is -2.24. The van der Waals surface area contributed by atoms with Crippen LogP contribution < -0.4 is 19.7 Å². The lowest BCUT2D eigenvalue weighted by molar-refractivity contribution is -0.117. The van der Waals surface area contributed by atoms with Crippen molar-refractivity contribution in [3.8, 4) is 17.2 Å². The minimum atomic E-state index is -0.373. The van der Waals surface area contributed by atoms with Crippen LogP contribution in [-0.4, -0.2) is 37.1 Å². The normalized spacial score (nSPS) is 13.4. The van der Waals surface area contributed by atoms with Crippen molar-refractivity contribution < 1.29 is 19.1 Å². The van der Waals surface area contributed by atoms with Crippen LogP contribution in [0.1, 0.15) is 23.2 Å². The third-order valence-electron chi connectivity index (χ3n) is 5.20. The van der Waals surface area contributed by atoms with Crippen molar-refractivity contribution in [1.29, 1.82) is 0 Å². The molecule has 160 valence electrons. The largest absolute Gasteiger partial charge is 0.496 e. The van der Waals surface area contributed by atoms with E-state index < -0.39 is 0 Å². The highest BCUT2D eigenvalue weighted by Crippen LogP contribution is 2.35. The Morgan fingerprint density at radius 3 is 2.42 bits per heavy atom. The Bertz CT molecular complexity index is 1130. The summed E-state index contributed by atoms with van der Waals surface area (Å²) in [6.07, 6.45) is 5.02. The predicted molar refractivity (Wildman–Crippen MR) is 120 cm³/mol. The van der Waals surface area contributed by atoms with Crippen LogP contribution in [0.4, 0.5) is 11.4 Å². The van der Waals surface area contributed by atoms with Crippen molar-refractivity contribution in [2.45, 2.75) is 12.8 Å². The molecule has 0 spiro atoms. The monoisotopic (exact) mass is 439 g/mol. The first kappa shape index (κ1) is 20.8. The SMILES string of the molecule is COc1cc(-n2cccc2)c(Cl)cc1C(=O)Nc1ccc(OC)c(N2CCCC2=O)c1. The summed E-state index contributed by atoms with van der Waals surface area (Å²) in [6, 6.07) is 12.3. The van der Waals surface area contributed by atoms with Crippen LogP contribution in [-0.2, 0) is 4.79 Å². The van der Waals surface area contributed by atoms with E-state index in [1.165, 1.54) is 7.11 Å². The van der Waals surface area contributed by atoms with Crippen LogP contribution in [0.5, 0.6) is 11.5 Å². The highest BCUT2D eigenvalue weighted by atomic mass is 35.5. The molecule has 7 nitrogen and oxygen atoms in total. The molecule has 2 amide bonds. The molecule has 1 aliphatic heterocycles. The number of hydrogen-bond acceptors (Lipinski definition) is 4. The second-order valence-electron chi connectivity index (χ2n) is 7.08. The number of amides is 2. The second-order valence-corrected chi connectivity index (χ2v) is 7.49. The molecule has 1 aromatic heterocycles. The zero-order valence-corrected chi connectivity index (χ0v) is 18.0. The topological polar surface area (TPSA) is 72.8 Å². The number of ether oxygens (including phenoxy) is 2. The number of hydrogen-bond donors (Lipinski definition) is 1. The number of anilines is 2. The van der Waals surface area contributed by atoms with Crippen LogP contribution >= 0.6 is 11.6 Å². The van der Waals surface area contributed by atoms with Crippen molar-refractivity contribution in [1.82, 2.24) is 4.57 Å². The van der Waals surface area contributed by atoms with Gasteiger partial charge >= 0.3 is 0 Å². The zero-order valence-electron chi connectivity index (χ0n) is 17.2. The van der Waals surface area contributed by atoms with Crippen LogP contribution in [0.15, 0.2) is 54.9 Å². The van der Waals surface area contributed by atoms with Crippen LogP contribution in [0.3, 0.4) is 0 Å². The van der Waals surface area contributed by atoms with Gasteiger partial charge in [-0.05, 0) is 42.8 Å². The molecule has 1 fully saturated rings. The lowest BCUT2D eigenvalue weighted by atomic mass is 10.1. The van der Waals surface area contributed by atoms with Crippen LogP contribution in [0, 0.1) is 0 Å². The minimum Gasteiger partial charge on any atom is -0.496 e. The van der Waals surface area contributed by atoms with Crippen molar-refractivity contribution in [3.63, 3.8) is 0 Å². The average molecular weight is 440 g/mol. The maximum Gasteiger partial charge on any atom is 0.259 e. The van der Waals surface area contributed by atoms with E-state index in [2.05, 4.69) is 5.32 Å². The highest BCUT2D eigenvalue weighted by molar-refractivity contribution is 6.33. The van der Waals surface area contributed by atoms with Gasteiger partial charge in [-0.1, -0.05) is 11.6 Å². The molecule has 3 aromatic rings. The first-order valence-corrected chi connectivity index (χ1v) is 10.2. The van der Waals surface area contributed by atoms with Gasteiger partial charge in [-0.25, -0.2) is 0 Å². The van der Waals surface area contributed by atoms with Gasteiger partial charge in [0.2, 0.25) is 5.91 Å². The van der Waals surface area contributed by atoms with Crippen molar-refractivity contribution in [2.75, 3.05) is 31.0 Å². The van der Waals surface area contributed by atoms with Gasteiger partial charge < -0.3 is 24.3 Å². The Labute approximate surface area is 185 Å². The van der Waals surface area contributed by atoms with Gasteiger partial charge in [-0.3, -0.25) is 9.59 Å². The molecular formula is C23H22ClN3O4. The number of halogens is 1. The van der Waals surface area contributed by atoms with Gasteiger partial charge in [0.25, 0.3) is 5.91 Å². The van der Waals surface area contributed by atoms with Crippen molar-refractivity contribution in [2.24, 2.45) is 0 Å². The first-order chi connectivity index (χ1) is 15.0. The summed E-state index contributed by atoms with van der Waals surface area (Å²) in [5, 5.41) is 3.28. The maximum absolute atomic E-state index is 13.0. The van der Waals surface area contributed by atoms with Gasteiger partial charge in [0.15, 0.2) is 0 Å². The molecule has 1 saturated heterocycles. The Morgan fingerprint density at radius 2 is 1.77 bits per heavy atom. The van der Waals surface area contributed by atoms with E-state index in [0.717, 1.165) is 6.42 Å². The summed E-state index contributed by atoms with van der Waals surface area (Å²) >= 11 is 6.45. The Balaban J connectivity index is 1.64. The van der Waals surface area contributed by atoms with E-state index >= 15 is 0 Å². The molecule has 0 unspecified atom stereocenters. The Hall–Kier alpha value is -3.45. The summed E-state index contributed by atoms with van der Waals surface area (Å²) in [4.78, 5) is 26.9. The van der Waals surface area contributed by atoms with Gasteiger partial charge in [0.1, 0.15) is 11.5 Å². The predicted octanol–water partition coefficient (Wildman–Crippen LogP) is 4.53. The van der Waals surface area contributed by atoms with Gasteiger partial charge in [-0.15, -0.1) is 0 Å². The number of rotatable bonds is 6. The van der Waals surface area contributed by atoms with Gasteiger partial charge in [-0.2, -0.15) is 0 Å². The summed E-state index contributed by atoms with van der Waals surface area (Å²) in [5.74, 6) is 0.636. The standard InChI is InChI=1S/C23H22ClN3O4/c1-30-20-8-7-15(12-19(20)27-11-5-6-22(27)28)25-23(29)16-13-17(24)18(14-21(16)31-2)26-9-3-4-10-26/h3-4,7-10,12-14H,5-6,11H2,1-2H3,(H,25,29). The molecule has 1 N–H and O–H groups in total. The van der Waals surface area contributed by atoms with Crippen molar-refractivity contribution >= 4 is 34.8 Å². The molecular weight excluding hydrogens is 418 g/mol. The molecule has 2 aromatic carbocycles. The molecule has 0 bridgehead atoms. The molecule has 0 radical (unpaired) electrons. The number of methoxy groups -OCH3 is 2. The number of nitrogens with zero attached hydrogens (tertiary/aromatic N) is 2. The Morgan fingerprint density at radius 1 is 1.03 bits per heavy atom. The van der Waals surface area contributed by atoms with E-state index in [-0.39, 0.29) is 11.8 Å². The molecule has 0 aliphatic carbocycles. The zero-order chi connectivity index (χ0) is 22.0. The molecule has 31 heavy (non-hydrogen) atoms. The quantitative estimate of drug-likeness (QED) is 0.612. The van der Waals surface area contributed by atoms with Crippen molar-refractivity contribution in [3.05, 3.63) is 65.4 Å². The van der Waals surface area contributed by atoms with Crippen LogP contribution in [0.2, 0.25) is 5.02 Å². The van der Waals surface area contributed by atoms with E-state index in [1.54, 1.807) is 42.3 Å². The summed E-state index contributed by atoms with van der Waals surface area (Å²) < 4.78 is 12.7. The molecule has 8 heteroatoms. The summed E-state index contributed by atoms with van der Waals surface area (Å²) in [6.45, 7) is 0.622. The average Bonchev–Trinajstić information content (AvgIpc) is 3.45. The maximum atomic E-state index is 13.0. The molecule has 4 rings (SSSR count). The minimum absolute atomic E-state index is 0.0378. The van der Waals surface area contributed by atoms with E-state index in [4.69, 9.17) is 21.1 Å². The van der Waals surface area contributed by atoms with Gasteiger partial charge in [0.05, 0.1) is 36.2 Å². The molecule has 0 atom stereocenters. The molecule has 2 heterocycles. The number of carbonyl (C=O) groups excluding carboxylic acids is 2. The number of carbonyl (C=O) groups is 2. The number of benzene rings is 2. The number of aromatic nitrogens is 1. The number of nitrogens with one attached hydrogen (secondary N) is 1. The van der Waals surface area contributed by atoms with E-state index in [1.807, 2.05) is 29.1 Å². The fourth-order valence-electron chi connectivity index (χ4n) is 3.66. The summed E-state index contributed by atoms with van der Waals surface area (Å²) in [5.41, 5.74) is 2.18. The van der Waals surface area contributed by atoms with E-state index in [0.29, 0.717) is 52.1 Å². The fourth-order valence-corrected chi connectivity index (χ4v) is 3.92. The molecule has 1 aliphatic rings. The highest BCUT2D eigenvalue weighted by Gasteiger charge is 2.25. The first-order valence-electron chi connectivity index (χ1n) is 9.82. The van der Waals surface area contributed by atoms with Gasteiger partial charge in [0, 0.05) is 37.1 Å². The lowest BCUT2D eigenvalue weighted by Gasteiger charge is -2.20. The third-order valence-corrected chi connectivity index (χ3v) is 5.50. The van der Waals surface area contributed by atoms with Crippen LogP contribution in [0.25, 0.3) is 5.69 Å². The third kappa shape index (κ3) is 4.09.